The summed E-state index contributed by atoms with van der Waals surface area (Å²) in [4.78, 5) is 24.4. The van der Waals surface area contributed by atoms with E-state index in [1.54, 1.807) is 30.3 Å². The lowest BCUT2D eigenvalue weighted by Gasteiger charge is -2.10. The van der Waals surface area contributed by atoms with E-state index < -0.39 is 15.8 Å². The van der Waals surface area contributed by atoms with Gasteiger partial charge in [0.25, 0.3) is 5.91 Å². The van der Waals surface area contributed by atoms with Crippen LogP contribution in [-0.4, -0.2) is 31.8 Å². The number of hydrogen-bond acceptors (Lipinski definition) is 5. The quantitative estimate of drug-likeness (QED) is 0.588. The molecule has 1 N–H and O–H groups in total. The van der Waals surface area contributed by atoms with Crippen LogP contribution in [0.25, 0.3) is 0 Å². The molecule has 8 heteroatoms. The summed E-state index contributed by atoms with van der Waals surface area (Å²) in [5, 5.41) is 3.40. The van der Waals surface area contributed by atoms with Crippen molar-refractivity contribution in [2.24, 2.45) is 5.92 Å². The number of sulfone groups is 1. The Morgan fingerprint density at radius 2 is 1.89 bits per heavy atom. The largest absolute Gasteiger partial charge is 0.427 e. The van der Waals surface area contributed by atoms with E-state index in [2.05, 4.69) is 5.32 Å². The Morgan fingerprint density at radius 3 is 2.50 bits per heavy atom. The molecule has 2 aromatic rings. The minimum Gasteiger partial charge on any atom is -0.427 e. The normalized spacial score (nSPS) is 17.9. The molecule has 3 rings (SSSR count). The van der Waals surface area contributed by atoms with Gasteiger partial charge in [0.05, 0.1) is 11.5 Å². The fraction of sp³-hybridized carbons (Fsp3) is 0.300. The number of halogens is 1. The second-order valence-electron chi connectivity index (χ2n) is 6.89. The lowest BCUT2D eigenvalue weighted by Crippen LogP contribution is -2.15. The molecule has 1 amide bonds. The van der Waals surface area contributed by atoms with Gasteiger partial charge >= 0.3 is 5.97 Å². The van der Waals surface area contributed by atoms with E-state index >= 15 is 0 Å². The maximum Gasteiger partial charge on any atom is 0.311 e. The number of nitrogens with one attached hydrogen (secondary N) is 1. The van der Waals surface area contributed by atoms with Gasteiger partial charge in [0.15, 0.2) is 9.84 Å². The number of amides is 1. The van der Waals surface area contributed by atoms with Crippen LogP contribution in [0.1, 0.15) is 28.8 Å². The molecule has 1 aliphatic heterocycles. The minimum absolute atomic E-state index is 0.0331. The van der Waals surface area contributed by atoms with E-state index in [-0.39, 0.29) is 29.8 Å². The van der Waals surface area contributed by atoms with Gasteiger partial charge in [-0.2, -0.15) is 0 Å². The number of carbonyl (C=O) groups is 2. The predicted molar refractivity (Wildman–Crippen MR) is 108 cm³/mol. The first-order valence-electron chi connectivity index (χ1n) is 8.80. The van der Waals surface area contributed by atoms with Gasteiger partial charge < -0.3 is 10.1 Å². The van der Waals surface area contributed by atoms with Crippen LogP contribution < -0.4 is 10.1 Å². The molecule has 0 aromatic heterocycles. The molecule has 0 radical (unpaired) electrons. The van der Waals surface area contributed by atoms with Crippen LogP contribution in [0.3, 0.4) is 0 Å². The predicted octanol–water partition coefficient (Wildman–Crippen LogP) is 3.63. The smallest absolute Gasteiger partial charge is 0.311 e. The summed E-state index contributed by atoms with van der Waals surface area (Å²) in [6, 6.07) is 11.4. The molecule has 2 aromatic carbocycles. The average Bonchev–Trinajstić information content (AvgIpc) is 2.96. The summed E-state index contributed by atoms with van der Waals surface area (Å²) in [6.45, 7) is 1.85. The van der Waals surface area contributed by atoms with E-state index in [9.17, 15) is 18.0 Å². The standard InChI is InChI=1S/C20H20ClNO5S/c1-13-10-16(21)4-7-18(13)22-20(24)15-2-5-17(6-3-15)27-19(23)11-14-8-9-28(25,26)12-14/h2-7,10,14H,8-9,11-12H2,1H3,(H,22,24)/t14-/m1/s1. The molecule has 148 valence electrons. The van der Waals surface area contributed by atoms with Crippen molar-refractivity contribution in [2.75, 3.05) is 16.8 Å². The van der Waals surface area contributed by atoms with Crippen molar-refractivity contribution in [1.29, 1.82) is 0 Å². The number of anilines is 1. The Hall–Kier alpha value is -2.38. The monoisotopic (exact) mass is 421 g/mol. The Bertz CT molecular complexity index is 1000. The SMILES string of the molecule is Cc1cc(Cl)ccc1NC(=O)c1ccc(OC(=O)C[C@H]2CCS(=O)(=O)C2)cc1. The van der Waals surface area contributed by atoms with Crippen LogP contribution in [0.5, 0.6) is 5.75 Å². The Labute approximate surface area is 168 Å². The van der Waals surface area contributed by atoms with Gasteiger partial charge in [-0.15, -0.1) is 0 Å². The number of esters is 1. The van der Waals surface area contributed by atoms with Crippen molar-refractivity contribution in [2.45, 2.75) is 19.8 Å². The molecule has 0 saturated carbocycles. The van der Waals surface area contributed by atoms with E-state index in [1.165, 1.54) is 12.1 Å². The summed E-state index contributed by atoms with van der Waals surface area (Å²) in [7, 11) is -3.02. The summed E-state index contributed by atoms with van der Waals surface area (Å²) in [5.41, 5.74) is 1.92. The molecular formula is C20H20ClNO5S. The molecule has 1 atom stereocenters. The van der Waals surface area contributed by atoms with Crippen LogP contribution in [0.15, 0.2) is 42.5 Å². The molecule has 0 spiro atoms. The number of carbonyl (C=O) groups excluding carboxylic acids is 2. The molecule has 1 saturated heterocycles. The van der Waals surface area contributed by atoms with Crippen molar-refractivity contribution in [3.63, 3.8) is 0 Å². The van der Waals surface area contributed by atoms with E-state index in [0.717, 1.165) is 5.56 Å². The summed E-state index contributed by atoms with van der Waals surface area (Å²) < 4.78 is 28.2. The highest BCUT2D eigenvalue weighted by Crippen LogP contribution is 2.23. The van der Waals surface area contributed by atoms with Crippen molar-refractivity contribution in [3.8, 4) is 5.75 Å². The molecule has 1 heterocycles. The number of aryl methyl sites for hydroxylation is 1. The second kappa shape index (κ2) is 8.32. The molecule has 1 aliphatic rings. The maximum atomic E-state index is 12.4. The van der Waals surface area contributed by atoms with E-state index in [0.29, 0.717) is 28.4 Å². The van der Waals surface area contributed by atoms with Crippen LogP contribution in [0.4, 0.5) is 5.69 Å². The van der Waals surface area contributed by atoms with Gasteiger partial charge in [-0.05, 0) is 67.3 Å². The van der Waals surface area contributed by atoms with E-state index in [1.807, 2.05) is 6.92 Å². The molecule has 6 nitrogen and oxygen atoms in total. The lowest BCUT2D eigenvalue weighted by atomic mass is 10.1. The molecule has 28 heavy (non-hydrogen) atoms. The third kappa shape index (κ3) is 5.33. The lowest BCUT2D eigenvalue weighted by molar-refractivity contribution is -0.135. The van der Waals surface area contributed by atoms with Crippen molar-refractivity contribution < 1.29 is 22.7 Å². The highest BCUT2D eigenvalue weighted by atomic mass is 35.5. The zero-order chi connectivity index (χ0) is 20.3. The van der Waals surface area contributed by atoms with E-state index in [4.69, 9.17) is 16.3 Å². The van der Waals surface area contributed by atoms with Gasteiger partial charge in [0.1, 0.15) is 5.75 Å². The number of rotatable bonds is 5. The fourth-order valence-corrected chi connectivity index (χ4v) is 5.17. The third-order valence-electron chi connectivity index (χ3n) is 4.57. The zero-order valence-electron chi connectivity index (χ0n) is 15.3. The number of hydrogen-bond donors (Lipinski definition) is 1. The van der Waals surface area contributed by atoms with Crippen molar-refractivity contribution in [1.82, 2.24) is 0 Å². The second-order valence-corrected chi connectivity index (χ2v) is 9.55. The first-order chi connectivity index (χ1) is 13.2. The summed E-state index contributed by atoms with van der Waals surface area (Å²) in [5.74, 6) is -0.488. The fourth-order valence-electron chi connectivity index (χ4n) is 3.08. The minimum atomic E-state index is -3.02. The first-order valence-corrected chi connectivity index (χ1v) is 11.0. The van der Waals surface area contributed by atoms with Gasteiger partial charge in [-0.1, -0.05) is 11.6 Å². The van der Waals surface area contributed by atoms with Gasteiger partial charge in [0.2, 0.25) is 0 Å². The Morgan fingerprint density at radius 1 is 1.18 bits per heavy atom. The molecular weight excluding hydrogens is 402 g/mol. The zero-order valence-corrected chi connectivity index (χ0v) is 16.8. The molecule has 0 bridgehead atoms. The average molecular weight is 422 g/mol. The van der Waals surface area contributed by atoms with Gasteiger partial charge in [-0.3, -0.25) is 9.59 Å². The Kier molecular flexibility index (Phi) is 6.05. The molecule has 1 fully saturated rings. The highest BCUT2D eigenvalue weighted by Gasteiger charge is 2.30. The first kappa shape index (κ1) is 20.4. The topological polar surface area (TPSA) is 89.5 Å². The van der Waals surface area contributed by atoms with Crippen LogP contribution >= 0.6 is 11.6 Å². The molecule has 0 unspecified atom stereocenters. The van der Waals surface area contributed by atoms with Crippen LogP contribution in [-0.2, 0) is 14.6 Å². The summed E-state index contributed by atoms with van der Waals surface area (Å²) >= 11 is 5.91. The molecule has 0 aliphatic carbocycles. The van der Waals surface area contributed by atoms with Crippen molar-refractivity contribution in [3.05, 3.63) is 58.6 Å². The van der Waals surface area contributed by atoms with Gasteiger partial charge in [0, 0.05) is 22.7 Å². The van der Waals surface area contributed by atoms with Crippen molar-refractivity contribution >= 4 is 39.0 Å². The Balaban J connectivity index is 1.57. The highest BCUT2D eigenvalue weighted by molar-refractivity contribution is 7.91. The maximum absolute atomic E-state index is 12.4. The number of ether oxygens (including phenoxy) is 1. The third-order valence-corrected chi connectivity index (χ3v) is 6.64. The number of benzene rings is 2. The van der Waals surface area contributed by atoms with Crippen LogP contribution in [0, 0.1) is 12.8 Å². The summed E-state index contributed by atoms with van der Waals surface area (Å²) in [6.07, 6.45) is 0.554. The van der Waals surface area contributed by atoms with Gasteiger partial charge in [-0.25, -0.2) is 8.42 Å². The van der Waals surface area contributed by atoms with Crippen LogP contribution in [0.2, 0.25) is 5.02 Å².